The second-order valence-corrected chi connectivity index (χ2v) is 8.49. The molecule has 3 heterocycles. The van der Waals surface area contributed by atoms with Crippen LogP contribution in [0.15, 0.2) is 6.08 Å². The summed E-state index contributed by atoms with van der Waals surface area (Å²) in [5.41, 5.74) is -0.768. The molecule has 2 N–H and O–H groups in total. The molecular formula is C21H33N5O3. The lowest BCUT2D eigenvalue weighted by Crippen LogP contribution is -2.51. The highest BCUT2D eigenvalue weighted by Gasteiger charge is 2.43. The zero-order valence-corrected chi connectivity index (χ0v) is 17.9. The van der Waals surface area contributed by atoms with Gasteiger partial charge < -0.3 is 19.9 Å². The van der Waals surface area contributed by atoms with Crippen LogP contribution in [0.25, 0.3) is 6.08 Å². The lowest BCUT2D eigenvalue weighted by Gasteiger charge is -2.33. The number of allylic oxidation sites excluding steroid dienone is 1. The summed E-state index contributed by atoms with van der Waals surface area (Å²) in [6, 6.07) is -0.329. The van der Waals surface area contributed by atoms with Crippen molar-refractivity contribution in [3.05, 3.63) is 17.7 Å². The van der Waals surface area contributed by atoms with Gasteiger partial charge in [0.1, 0.15) is 11.2 Å². The van der Waals surface area contributed by atoms with Gasteiger partial charge in [0.15, 0.2) is 5.82 Å². The van der Waals surface area contributed by atoms with E-state index in [2.05, 4.69) is 37.6 Å². The van der Waals surface area contributed by atoms with Crippen molar-refractivity contribution in [1.82, 2.24) is 25.4 Å². The minimum Gasteiger partial charge on any atom is -0.469 e. The minimum atomic E-state index is -0.768. The van der Waals surface area contributed by atoms with Crippen LogP contribution in [0, 0.1) is 11.8 Å². The number of nitrogens with zero attached hydrogens (tertiary/aromatic N) is 3. The Morgan fingerprint density at radius 2 is 2.03 bits per heavy atom. The Hall–Kier alpha value is -2.22. The van der Waals surface area contributed by atoms with Crippen molar-refractivity contribution in [2.75, 3.05) is 20.2 Å². The number of carbonyl (C=O) groups excluding carboxylic acids is 2. The van der Waals surface area contributed by atoms with Gasteiger partial charge in [0.2, 0.25) is 5.91 Å². The van der Waals surface area contributed by atoms with Gasteiger partial charge in [0.05, 0.1) is 13.0 Å². The second kappa shape index (κ2) is 9.07. The smallest absolute Gasteiger partial charge is 0.310 e. The fourth-order valence-corrected chi connectivity index (χ4v) is 4.12. The molecule has 3 atom stereocenters. The summed E-state index contributed by atoms with van der Waals surface area (Å²) in [6.45, 7) is 8.40. The number of fused-ring (bicyclic) bond motifs is 1. The van der Waals surface area contributed by atoms with Gasteiger partial charge in [-0.15, -0.1) is 10.2 Å². The molecule has 1 aromatic heterocycles. The van der Waals surface area contributed by atoms with E-state index in [-0.39, 0.29) is 17.9 Å². The summed E-state index contributed by atoms with van der Waals surface area (Å²) in [5, 5.41) is 15.1. The number of methoxy groups -OCH3 is 1. The Balaban J connectivity index is 1.75. The predicted octanol–water partition coefficient (Wildman–Crippen LogP) is 1.66. The first-order valence-corrected chi connectivity index (χ1v) is 10.6. The Morgan fingerprint density at radius 3 is 2.72 bits per heavy atom. The third kappa shape index (κ3) is 4.52. The van der Waals surface area contributed by atoms with Gasteiger partial charge in [0.25, 0.3) is 0 Å². The summed E-state index contributed by atoms with van der Waals surface area (Å²) < 4.78 is 6.86. The molecule has 1 amide bonds. The van der Waals surface area contributed by atoms with Crippen molar-refractivity contribution >= 4 is 18.0 Å². The number of carbonyl (C=O) groups is 2. The van der Waals surface area contributed by atoms with Crippen LogP contribution < -0.4 is 10.6 Å². The molecule has 0 radical (unpaired) electrons. The van der Waals surface area contributed by atoms with Crippen LogP contribution in [0.5, 0.6) is 0 Å². The highest BCUT2D eigenvalue weighted by molar-refractivity contribution is 5.88. The molecule has 2 aliphatic heterocycles. The molecule has 8 heteroatoms. The van der Waals surface area contributed by atoms with Crippen molar-refractivity contribution in [2.45, 2.75) is 64.5 Å². The first-order chi connectivity index (χ1) is 13.9. The van der Waals surface area contributed by atoms with Gasteiger partial charge in [-0.25, -0.2) is 0 Å². The summed E-state index contributed by atoms with van der Waals surface area (Å²) in [7, 11) is 1.36. The van der Waals surface area contributed by atoms with E-state index >= 15 is 0 Å². The monoisotopic (exact) mass is 403 g/mol. The Bertz CT molecular complexity index is 768. The zero-order valence-electron chi connectivity index (χ0n) is 17.9. The molecule has 8 nitrogen and oxygen atoms in total. The first-order valence-electron chi connectivity index (χ1n) is 10.6. The topological polar surface area (TPSA) is 98.1 Å². The molecule has 29 heavy (non-hydrogen) atoms. The van der Waals surface area contributed by atoms with E-state index < -0.39 is 11.3 Å². The van der Waals surface area contributed by atoms with Crippen LogP contribution in [-0.2, 0) is 26.3 Å². The van der Waals surface area contributed by atoms with Crippen LogP contribution in [0.4, 0.5) is 0 Å². The average Bonchev–Trinajstić information content (AvgIpc) is 3.16. The molecular weight excluding hydrogens is 370 g/mol. The fourth-order valence-electron chi connectivity index (χ4n) is 4.12. The van der Waals surface area contributed by atoms with E-state index in [4.69, 9.17) is 4.74 Å². The molecule has 1 aromatic rings. The number of esters is 1. The highest BCUT2D eigenvalue weighted by atomic mass is 16.5. The van der Waals surface area contributed by atoms with Gasteiger partial charge in [-0.05, 0) is 71.5 Å². The predicted molar refractivity (Wildman–Crippen MR) is 110 cm³/mol. The molecule has 0 saturated carbocycles. The molecule has 3 unspecified atom stereocenters. The summed E-state index contributed by atoms with van der Waals surface area (Å²) >= 11 is 0. The van der Waals surface area contributed by atoms with Crippen LogP contribution in [0.1, 0.15) is 58.1 Å². The van der Waals surface area contributed by atoms with E-state index in [1.807, 2.05) is 13.8 Å². The van der Waals surface area contributed by atoms with Crippen molar-refractivity contribution in [1.29, 1.82) is 0 Å². The normalized spacial score (nSPS) is 24.7. The van der Waals surface area contributed by atoms with E-state index in [9.17, 15) is 9.59 Å². The van der Waals surface area contributed by atoms with E-state index in [0.29, 0.717) is 18.2 Å². The highest BCUT2D eigenvalue weighted by Crippen LogP contribution is 2.34. The zero-order chi connectivity index (χ0) is 21.0. The summed E-state index contributed by atoms with van der Waals surface area (Å²) in [6.07, 6.45) is 8.13. The number of hydrogen-bond donors (Lipinski definition) is 2. The first kappa shape index (κ1) is 21.5. The maximum Gasteiger partial charge on any atom is 0.310 e. The van der Waals surface area contributed by atoms with Gasteiger partial charge >= 0.3 is 5.97 Å². The van der Waals surface area contributed by atoms with Gasteiger partial charge in [-0.2, -0.15) is 0 Å². The van der Waals surface area contributed by atoms with Crippen molar-refractivity contribution in [3.63, 3.8) is 0 Å². The number of hydrogen-bond acceptors (Lipinski definition) is 6. The maximum absolute atomic E-state index is 13.2. The Kier molecular flexibility index (Phi) is 6.72. The third-order valence-corrected chi connectivity index (χ3v) is 6.42. The van der Waals surface area contributed by atoms with Crippen LogP contribution in [0.3, 0.4) is 0 Å². The molecule has 2 aliphatic rings. The molecule has 160 valence electrons. The number of amides is 1. The van der Waals surface area contributed by atoms with Gasteiger partial charge in [0, 0.05) is 12.6 Å². The Morgan fingerprint density at radius 1 is 1.31 bits per heavy atom. The fraction of sp³-hybridized carbons (Fsp3) is 0.714. The molecule has 3 rings (SSSR count). The van der Waals surface area contributed by atoms with E-state index in [0.717, 1.165) is 44.7 Å². The SMILES string of the molecule is COC(=O)C(C)C(C)NC(=O)C1(C)CCCn2c(/C=C/C3CCNCC3)nnc21. The number of rotatable bonds is 6. The van der Waals surface area contributed by atoms with Crippen LogP contribution in [-0.4, -0.2) is 52.9 Å². The molecule has 0 aliphatic carbocycles. The maximum atomic E-state index is 13.2. The van der Waals surface area contributed by atoms with Gasteiger partial charge in [-0.3, -0.25) is 9.59 Å². The van der Waals surface area contributed by atoms with Gasteiger partial charge in [-0.1, -0.05) is 6.08 Å². The lowest BCUT2D eigenvalue weighted by atomic mass is 9.80. The van der Waals surface area contributed by atoms with E-state index in [1.54, 1.807) is 6.92 Å². The number of ether oxygens (including phenoxy) is 1. The van der Waals surface area contributed by atoms with Crippen molar-refractivity contribution in [3.8, 4) is 0 Å². The Labute approximate surface area is 172 Å². The average molecular weight is 404 g/mol. The number of piperidine rings is 1. The third-order valence-electron chi connectivity index (χ3n) is 6.42. The molecule has 0 aromatic carbocycles. The lowest BCUT2D eigenvalue weighted by molar-refractivity contribution is -0.146. The summed E-state index contributed by atoms with van der Waals surface area (Å²) in [5.74, 6) is 1.20. The standard InChI is InChI=1S/C21H33N5O3/c1-14(18(27)29-4)15(2)23-20(28)21(3)10-5-13-26-17(24-25-19(21)26)7-6-16-8-11-22-12-9-16/h6-7,14-16,22H,5,8-13H2,1-4H3,(H,23,28)/b7-6+. The number of aromatic nitrogens is 3. The van der Waals surface area contributed by atoms with Crippen molar-refractivity contribution in [2.24, 2.45) is 11.8 Å². The van der Waals surface area contributed by atoms with E-state index in [1.165, 1.54) is 7.11 Å². The summed E-state index contributed by atoms with van der Waals surface area (Å²) in [4.78, 5) is 24.9. The quantitative estimate of drug-likeness (QED) is 0.701. The molecule has 0 spiro atoms. The largest absolute Gasteiger partial charge is 0.469 e. The molecule has 1 fully saturated rings. The molecule has 0 bridgehead atoms. The van der Waals surface area contributed by atoms with Crippen LogP contribution >= 0.6 is 0 Å². The second-order valence-electron chi connectivity index (χ2n) is 8.49. The minimum absolute atomic E-state index is 0.122. The molecule has 1 saturated heterocycles. The van der Waals surface area contributed by atoms with Crippen LogP contribution in [0.2, 0.25) is 0 Å². The number of nitrogens with one attached hydrogen (secondary N) is 2. The van der Waals surface area contributed by atoms with Crippen molar-refractivity contribution < 1.29 is 14.3 Å².